The number of likely N-dealkylation sites (tertiary alicyclic amines) is 4. The number of carbonyl (C=O) groups is 2. The number of sulfonamides is 2. The Kier molecular flexibility index (Phi) is 18.0. The third-order valence-corrected chi connectivity index (χ3v) is 17.0. The predicted molar refractivity (Wildman–Crippen MR) is 271 cm³/mol. The zero-order valence-electron chi connectivity index (χ0n) is 39.3. The number of piperidine rings is 4. The van der Waals surface area contributed by atoms with Gasteiger partial charge in [0.1, 0.15) is 23.7 Å². The van der Waals surface area contributed by atoms with Crippen molar-refractivity contribution in [2.75, 3.05) is 52.4 Å². The molecule has 22 heteroatoms. The molecule has 4 saturated heterocycles. The van der Waals surface area contributed by atoms with Crippen LogP contribution < -0.4 is 18.9 Å². The Bertz CT molecular complexity index is 2720. The maximum atomic E-state index is 12.9. The number of nitrogens with zero attached hydrogens (tertiary/aromatic N) is 4. The fourth-order valence-electron chi connectivity index (χ4n) is 9.29. The second-order valence-corrected chi connectivity index (χ2v) is 22.9. The summed E-state index contributed by atoms with van der Waals surface area (Å²) in [6.07, 6.45) is 2.11. The van der Waals surface area contributed by atoms with Crippen molar-refractivity contribution < 1.29 is 51.9 Å². The lowest BCUT2D eigenvalue weighted by molar-refractivity contribution is -0.137. The summed E-state index contributed by atoms with van der Waals surface area (Å²) >= 11 is 18.0. The second kappa shape index (κ2) is 23.6. The molecular weight excluding hydrogens is 1030 g/mol. The van der Waals surface area contributed by atoms with Crippen LogP contribution in [0.15, 0.2) is 94.7 Å². The lowest BCUT2D eigenvalue weighted by Crippen LogP contribution is -2.52. The minimum absolute atomic E-state index is 0. The van der Waals surface area contributed by atoms with Crippen LogP contribution in [0.2, 0.25) is 15.1 Å². The highest BCUT2D eigenvalue weighted by molar-refractivity contribution is 7.90. The number of carbonyl (C=O) groups excluding carboxylic acids is 2. The first kappa shape index (κ1) is 54.3. The van der Waals surface area contributed by atoms with E-state index in [1.807, 2.05) is 36.8 Å². The Labute approximate surface area is 431 Å². The molecule has 0 spiro atoms. The van der Waals surface area contributed by atoms with Gasteiger partial charge >= 0.3 is 18.2 Å². The molecule has 0 aromatic heterocycles. The molecule has 0 bridgehead atoms. The van der Waals surface area contributed by atoms with Crippen molar-refractivity contribution >= 4 is 66.9 Å². The van der Waals surface area contributed by atoms with Crippen molar-refractivity contribution in [1.29, 1.82) is 0 Å². The molecular formula is C49H62Cl3F3N6O8S2. The Morgan fingerprint density at radius 2 is 1.10 bits per heavy atom. The van der Waals surface area contributed by atoms with Crippen molar-refractivity contribution in [3.8, 4) is 11.5 Å². The van der Waals surface area contributed by atoms with Crippen LogP contribution in [0.25, 0.3) is 0 Å². The van der Waals surface area contributed by atoms with Gasteiger partial charge in [0.05, 0.1) is 25.4 Å². The van der Waals surface area contributed by atoms with Gasteiger partial charge in [0.25, 0.3) is 20.0 Å². The molecule has 0 radical (unpaired) electrons. The fourth-order valence-corrected chi connectivity index (χ4v) is 11.8. The van der Waals surface area contributed by atoms with E-state index >= 15 is 0 Å². The molecule has 0 saturated carbocycles. The third kappa shape index (κ3) is 14.8. The van der Waals surface area contributed by atoms with Crippen molar-refractivity contribution in [1.82, 2.24) is 29.0 Å². The van der Waals surface area contributed by atoms with Crippen molar-refractivity contribution in [3.05, 3.63) is 117 Å². The van der Waals surface area contributed by atoms with Crippen LogP contribution in [0.1, 0.15) is 70.9 Å². The summed E-state index contributed by atoms with van der Waals surface area (Å²) < 4.78 is 105. The van der Waals surface area contributed by atoms with E-state index in [4.69, 9.17) is 44.3 Å². The number of amides is 4. The first-order chi connectivity index (χ1) is 33.6. The van der Waals surface area contributed by atoms with E-state index in [0.29, 0.717) is 71.9 Å². The largest absolute Gasteiger partial charge is 0.490 e. The quantitative estimate of drug-likeness (QED) is 0.157. The SMILES string of the molecule is Cc1ccc(S(=O)(=O)NC(=O)N2CCC(N3CCC(Oc4ccc(Cl)cc4C)CC3)CC2)cc1.O=C(NS(=O)(=O)c1cccc(C(F)(F)F)c1)N1CCC(N2CCC(Oc3ccc(Cl)c(Cl)c3)CC2)CC1.[HH].[HH]. The number of urea groups is 2. The van der Waals surface area contributed by atoms with Gasteiger partial charge in [0, 0.05) is 78.4 Å². The summed E-state index contributed by atoms with van der Waals surface area (Å²) in [5.41, 5.74) is 0.905. The van der Waals surface area contributed by atoms with Crippen molar-refractivity contribution in [2.45, 2.75) is 105 Å². The fraction of sp³-hybridized carbons (Fsp3) is 0.469. The zero-order chi connectivity index (χ0) is 51.1. The van der Waals surface area contributed by atoms with Crippen LogP contribution in [0, 0.1) is 13.8 Å². The number of hydrogen-bond acceptors (Lipinski definition) is 10. The Hall–Kier alpha value is -4.50. The summed E-state index contributed by atoms with van der Waals surface area (Å²) in [6.45, 7) is 9.22. The number of ether oxygens (including phenoxy) is 2. The molecule has 4 aliphatic rings. The number of aryl methyl sites for hydroxylation is 2. The monoisotopic (exact) mass is 1090 g/mol. The van der Waals surface area contributed by atoms with E-state index in [1.165, 1.54) is 17.0 Å². The van der Waals surface area contributed by atoms with E-state index < -0.39 is 48.7 Å². The predicted octanol–water partition coefficient (Wildman–Crippen LogP) is 10.3. The average molecular weight is 1090 g/mol. The first-order valence-electron chi connectivity index (χ1n) is 23.5. The van der Waals surface area contributed by atoms with Crippen LogP contribution in [0.4, 0.5) is 22.8 Å². The Balaban J connectivity index is 0.000000264. The second-order valence-electron chi connectivity index (χ2n) is 18.3. The van der Waals surface area contributed by atoms with Gasteiger partial charge < -0.3 is 19.3 Å². The molecule has 390 valence electrons. The molecule has 8 rings (SSSR count). The lowest BCUT2D eigenvalue weighted by atomic mass is 9.99. The van der Waals surface area contributed by atoms with Gasteiger partial charge in [-0.05, 0) is 131 Å². The van der Waals surface area contributed by atoms with Crippen LogP contribution in [0.5, 0.6) is 11.5 Å². The number of nitrogens with one attached hydrogen (secondary N) is 2. The van der Waals surface area contributed by atoms with Gasteiger partial charge in [-0.1, -0.05) is 58.6 Å². The summed E-state index contributed by atoms with van der Waals surface area (Å²) in [5.74, 6) is 1.56. The number of hydrogen-bond donors (Lipinski definition) is 2. The van der Waals surface area contributed by atoms with Gasteiger partial charge in [0.15, 0.2) is 0 Å². The minimum atomic E-state index is -4.69. The lowest BCUT2D eigenvalue weighted by Gasteiger charge is -2.41. The van der Waals surface area contributed by atoms with E-state index in [1.54, 1.807) is 35.2 Å². The van der Waals surface area contributed by atoms with Gasteiger partial charge in [0.2, 0.25) is 0 Å². The molecule has 4 heterocycles. The van der Waals surface area contributed by atoms with E-state index in [9.17, 15) is 39.6 Å². The Morgan fingerprint density at radius 3 is 1.59 bits per heavy atom. The number of halogens is 6. The number of alkyl halides is 3. The van der Waals surface area contributed by atoms with Gasteiger partial charge in [-0.2, -0.15) is 13.2 Å². The summed E-state index contributed by atoms with van der Waals surface area (Å²) in [7, 11) is -8.31. The maximum Gasteiger partial charge on any atom is 0.416 e. The highest BCUT2D eigenvalue weighted by atomic mass is 35.5. The van der Waals surface area contributed by atoms with E-state index in [0.717, 1.165) is 99.8 Å². The molecule has 4 aromatic carbocycles. The topological polar surface area (TPSA) is 158 Å². The third-order valence-electron chi connectivity index (χ3n) is 13.4. The van der Waals surface area contributed by atoms with Crippen LogP contribution in [-0.2, 0) is 26.2 Å². The van der Waals surface area contributed by atoms with Crippen LogP contribution in [0.3, 0.4) is 0 Å². The standard InChI is InChI=1S/C25H32ClN3O4S.C24H26Cl2F3N3O4S.2H2/c1-18-3-6-23(7-4-18)34(31,32)27-25(30)29-13-9-21(10-14-29)28-15-11-22(12-16-28)33-24-8-5-20(26)17-19(24)2;25-21-5-4-19(15-22(21)26)36-18-8-12-31(13-9-18)17-6-10-32(11-7-17)23(33)30-37(34,35)20-3-1-2-16(14-20)24(27,28)29;;/h3-8,17,21-22H,9-16H2,1-2H3,(H,27,30);1-5,14-15,17-18H,6-13H2,(H,30,33);2*1H. The van der Waals surface area contributed by atoms with Gasteiger partial charge in [-0.25, -0.2) is 35.9 Å². The van der Waals surface area contributed by atoms with Gasteiger partial charge in [-0.15, -0.1) is 0 Å². The molecule has 2 N–H and O–H groups in total. The highest BCUT2D eigenvalue weighted by Gasteiger charge is 2.35. The first-order valence-corrected chi connectivity index (χ1v) is 27.6. The normalized spacial score (nSPS) is 18.6. The minimum Gasteiger partial charge on any atom is -0.490 e. The molecule has 71 heavy (non-hydrogen) atoms. The smallest absolute Gasteiger partial charge is 0.416 e. The van der Waals surface area contributed by atoms with Crippen molar-refractivity contribution in [3.63, 3.8) is 0 Å². The zero-order valence-corrected chi connectivity index (χ0v) is 43.2. The van der Waals surface area contributed by atoms with Gasteiger partial charge in [-0.3, -0.25) is 9.80 Å². The molecule has 0 atom stereocenters. The summed E-state index contributed by atoms with van der Waals surface area (Å²) in [4.78, 5) is 32.5. The number of benzene rings is 4. The summed E-state index contributed by atoms with van der Waals surface area (Å²) in [6, 6.07) is 19.9. The van der Waals surface area contributed by atoms with Crippen LogP contribution in [-0.4, -0.2) is 125 Å². The summed E-state index contributed by atoms with van der Waals surface area (Å²) in [5, 5.41) is 1.62. The highest BCUT2D eigenvalue weighted by Crippen LogP contribution is 2.32. The molecule has 4 amide bonds. The molecule has 4 aromatic rings. The molecule has 4 aliphatic heterocycles. The molecule has 14 nitrogen and oxygen atoms in total. The Morgan fingerprint density at radius 1 is 0.592 bits per heavy atom. The molecule has 4 fully saturated rings. The molecule has 0 aliphatic carbocycles. The number of rotatable bonds is 10. The van der Waals surface area contributed by atoms with E-state index in [-0.39, 0.29) is 26.0 Å². The van der Waals surface area contributed by atoms with Crippen LogP contribution >= 0.6 is 34.8 Å². The van der Waals surface area contributed by atoms with E-state index in [2.05, 4.69) is 14.5 Å². The van der Waals surface area contributed by atoms with Crippen molar-refractivity contribution in [2.24, 2.45) is 0 Å². The molecule has 0 unspecified atom stereocenters. The maximum absolute atomic E-state index is 12.9. The average Bonchev–Trinajstić information content (AvgIpc) is 3.34.